The van der Waals surface area contributed by atoms with Gasteiger partial charge in [-0.15, -0.1) is 0 Å². The highest BCUT2D eigenvalue weighted by molar-refractivity contribution is 9.10. The van der Waals surface area contributed by atoms with Gasteiger partial charge in [-0.1, -0.05) is 23.7 Å². The Hall–Kier alpha value is -2.11. The Balaban J connectivity index is 1.78. The van der Waals surface area contributed by atoms with Crippen molar-refractivity contribution in [3.05, 3.63) is 70.3 Å². The minimum atomic E-state index is 0.513. The van der Waals surface area contributed by atoms with Crippen LogP contribution in [0, 0.1) is 0 Å². The molecule has 110 valence electrons. The molecule has 0 saturated carbocycles. The van der Waals surface area contributed by atoms with Crippen LogP contribution in [-0.4, -0.2) is 9.97 Å². The fourth-order valence-electron chi connectivity index (χ4n) is 1.85. The number of aromatic nitrogens is 2. The highest BCUT2D eigenvalue weighted by Crippen LogP contribution is 2.25. The lowest BCUT2D eigenvalue weighted by Crippen LogP contribution is -2.00. The summed E-state index contributed by atoms with van der Waals surface area (Å²) in [4.78, 5) is 8.65. The Bertz CT molecular complexity index is 777. The lowest BCUT2D eigenvalue weighted by atomic mass is 10.3. The van der Waals surface area contributed by atoms with Gasteiger partial charge < -0.3 is 10.6 Å². The highest BCUT2D eigenvalue weighted by atomic mass is 79.9. The number of rotatable bonds is 4. The number of halogens is 2. The van der Waals surface area contributed by atoms with Crippen LogP contribution in [0.4, 0.5) is 23.1 Å². The van der Waals surface area contributed by atoms with Crippen LogP contribution >= 0.6 is 27.5 Å². The first-order valence-corrected chi connectivity index (χ1v) is 7.75. The van der Waals surface area contributed by atoms with Crippen LogP contribution in [0.2, 0.25) is 5.02 Å². The fourth-order valence-corrected chi connectivity index (χ4v) is 2.36. The van der Waals surface area contributed by atoms with Gasteiger partial charge in [-0.3, -0.25) is 0 Å². The number of para-hydroxylation sites is 1. The van der Waals surface area contributed by atoms with Crippen molar-refractivity contribution in [3.8, 4) is 0 Å². The van der Waals surface area contributed by atoms with E-state index in [9.17, 15) is 0 Å². The van der Waals surface area contributed by atoms with Gasteiger partial charge in [-0.2, -0.15) is 4.98 Å². The van der Waals surface area contributed by atoms with Crippen molar-refractivity contribution in [1.29, 1.82) is 0 Å². The monoisotopic (exact) mass is 374 g/mol. The van der Waals surface area contributed by atoms with Gasteiger partial charge in [-0.05, 0) is 58.4 Å². The summed E-state index contributed by atoms with van der Waals surface area (Å²) in [5.74, 6) is 1.22. The van der Waals surface area contributed by atoms with Crippen molar-refractivity contribution < 1.29 is 0 Å². The normalized spacial score (nSPS) is 10.3. The van der Waals surface area contributed by atoms with Crippen molar-refractivity contribution in [2.45, 2.75) is 0 Å². The van der Waals surface area contributed by atoms with Crippen LogP contribution in [0.1, 0.15) is 0 Å². The molecular weight excluding hydrogens is 364 g/mol. The molecule has 0 unspecified atom stereocenters. The maximum Gasteiger partial charge on any atom is 0.229 e. The number of benzene rings is 2. The molecule has 3 aromatic rings. The van der Waals surface area contributed by atoms with Crippen LogP contribution in [0.15, 0.2) is 65.3 Å². The van der Waals surface area contributed by atoms with Crippen molar-refractivity contribution in [2.24, 2.45) is 0 Å². The van der Waals surface area contributed by atoms with E-state index in [4.69, 9.17) is 11.6 Å². The molecule has 2 aromatic carbocycles. The molecule has 0 atom stereocenters. The first-order chi connectivity index (χ1) is 10.7. The molecule has 0 aliphatic carbocycles. The molecule has 0 spiro atoms. The maximum absolute atomic E-state index is 5.87. The zero-order valence-corrected chi connectivity index (χ0v) is 13.8. The first kappa shape index (κ1) is 14.8. The maximum atomic E-state index is 5.87. The molecule has 4 nitrogen and oxygen atoms in total. The SMILES string of the molecule is Clc1ccc(Nc2nccc(Nc3ccccc3Br)n2)cc1. The van der Waals surface area contributed by atoms with Crippen molar-refractivity contribution in [1.82, 2.24) is 9.97 Å². The lowest BCUT2D eigenvalue weighted by Gasteiger charge is -2.09. The molecule has 1 heterocycles. The van der Waals surface area contributed by atoms with Gasteiger partial charge in [-0.25, -0.2) is 4.98 Å². The Morgan fingerprint density at radius 1 is 0.909 bits per heavy atom. The van der Waals surface area contributed by atoms with Gasteiger partial charge in [0.1, 0.15) is 5.82 Å². The van der Waals surface area contributed by atoms with E-state index in [2.05, 4.69) is 36.5 Å². The van der Waals surface area contributed by atoms with E-state index in [1.807, 2.05) is 54.6 Å². The minimum absolute atomic E-state index is 0.513. The molecule has 0 saturated heterocycles. The second-order valence-corrected chi connectivity index (χ2v) is 5.79. The third-order valence-corrected chi connectivity index (χ3v) is 3.84. The molecule has 0 aliphatic rings. The van der Waals surface area contributed by atoms with E-state index >= 15 is 0 Å². The fraction of sp³-hybridized carbons (Fsp3) is 0. The van der Waals surface area contributed by atoms with Crippen LogP contribution in [0.25, 0.3) is 0 Å². The number of nitrogens with zero attached hydrogens (tertiary/aromatic N) is 2. The summed E-state index contributed by atoms with van der Waals surface area (Å²) in [6.45, 7) is 0. The second-order valence-electron chi connectivity index (χ2n) is 4.50. The summed E-state index contributed by atoms with van der Waals surface area (Å²) in [6, 6.07) is 17.0. The Morgan fingerprint density at radius 3 is 2.45 bits per heavy atom. The van der Waals surface area contributed by atoms with E-state index in [0.29, 0.717) is 16.8 Å². The van der Waals surface area contributed by atoms with Crippen LogP contribution in [0.3, 0.4) is 0 Å². The molecule has 0 fully saturated rings. The number of hydrogen-bond donors (Lipinski definition) is 2. The zero-order chi connectivity index (χ0) is 15.4. The van der Waals surface area contributed by atoms with Crippen LogP contribution in [-0.2, 0) is 0 Å². The van der Waals surface area contributed by atoms with E-state index < -0.39 is 0 Å². The predicted octanol–water partition coefficient (Wildman–Crippen LogP) is 5.38. The average molecular weight is 376 g/mol. The van der Waals surface area contributed by atoms with Gasteiger partial charge in [0.15, 0.2) is 0 Å². The zero-order valence-electron chi connectivity index (χ0n) is 11.4. The summed E-state index contributed by atoms with van der Waals surface area (Å²) in [5.41, 5.74) is 1.82. The molecule has 0 aliphatic heterocycles. The molecule has 6 heteroatoms. The summed E-state index contributed by atoms with van der Waals surface area (Å²) in [5, 5.41) is 7.08. The van der Waals surface area contributed by atoms with Crippen LogP contribution < -0.4 is 10.6 Å². The van der Waals surface area contributed by atoms with E-state index in [1.165, 1.54) is 0 Å². The molecule has 0 bridgehead atoms. The predicted molar refractivity (Wildman–Crippen MR) is 94.2 cm³/mol. The van der Waals surface area contributed by atoms with Crippen molar-refractivity contribution in [3.63, 3.8) is 0 Å². The van der Waals surface area contributed by atoms with Crippen molar-refractivity contribution >= 4 is 50.7 Å². The van der Waals surface area contributed by atoms with Gasteiger partial charge in [0.2, 0.25) is 5.95 Å². The largest absolute Gasteiger partial charge is 0.339 e. The molecule has 2 N–H and O–H groups in total. The van der Waals surface area contributed by atoms with E-state index in [-0.39, 0.29) is 0 Å². The van der Waals surface area contributed by atoms with Crippen LogP contribution in [0.5, 0.6) is 0 Å². The van der Waals surface area contributed by atoms with Gasteiger partial charge in [0.25, 0.3) is 0 Å². The number of nitrogens with one attached hydrogen (secondary N) is 2. The summed E-state index contributed by atoms with van der Waals surface area (Å²) in [6.07, 6.45) is 1.70. The topological polar surface area (TPSA) is 49.8 Å². The Kier molecular flexibility index (Phi) is 4.56. The Labute approximate surface area is 141 Å². The summed E-state index contributed by atoms with van der Waals surface area (Å²) >= 11 is 9.37. The lowest BCUT2D eigenvalue weighted by molar-refractivity contribution is 1.16. The first-order valence-electron chi connectivity index (χ1n) is 6.58. The average Bonchev–Trinajstić information content (AvgIpc) is 2.52. The van der Waals surface area contributed by atoms with Gasteiger partial charge >= 0.3 is 0 Å². The molecule has 0 radical (unpaired) electrons. The number of anilines is 4. The molecule has 22 heavy (non-hydrogen) atoms. The summed E-state index contributed by atoms with van der Waals surface area (Å²) < 4.78 is 0.973. The van der Waals surface area contributed by atoms with Crippen molar-refractivity contribution in [2.75, 3.05) is 10.6 Å². The smallest absolute Gasteiger partial charge is 0.229 e. The summed E-state index contributed by atoms with van der Waals surface area (Å²) in [7, 11) is 0. The van der Waals surface area contributed by atoms with Gasteiger partial charge in [0, 0.05) is 21.4 Å². The standard InChI is InChI=1S/C16H12BrClN4/c17-13-3-1-2-4-14(13)21-15-9-10-19-16(22-15)20-12-7-5-11(18)6-8-12/h1-10H,(H2,19,20,21,22). The molecule has 3 rings (SSSR count). The minimum Gasteiger partial charge on any atom is -0.339 e. The quantitative estimate of drug-likeness (QED) is 0.643. The molecule has 0 amide bonds. The Morgan fingerprint density at radius 2 is 1.68 bits per heavy atom. The van der Waals surface area contributed by atoms with E-state index in [1.54, 1.807) is 6.20 Å². The highest BCUT2D eigenvalue weighted by Gasteiger charge is 2.03. The van der Waals surface area contributed by atoms with Gasteiger partial charge in [0.05, 0.1) is 5.69 Å². The van der Waals surface area contributed by atoms with E-state index in [0.717, 1.165) is 15.8 Å². The molecular formula is C16H12BrClN4. The molecule has 1 aromatic heterocycles. The second kappa shape index (κ2) is 6.77. The number of hydrogen-bond acceptors (Lipinski definition) is 4. The third-order valence-electron chi connectivity index (χ3n) is 2.89. The third kappa shape index (κ3) is 3.75.